The van der Waals surface area contributed by atoms with E-state index < -0.39 is 53.1 Å². The molecule has 5 atom stereocenters. The van der Waals surface area contributed by atoms with Crippen molar-refractivity contribution in [2.45, 2.75) is 48.4 Å². The van der Waals surface area contributed by atoms with Gasteiger partial charge in [-0.3, -0.25) is 4.79 Å². The summed E-state index contributed by atoms with van der Waals surface area (Å²) in [6.45, 7) is 3.01. The maximum absolute atomic E-state index is 12.4. The van der Waals surface area contributed by atoms with Crippen LogP contribution < -0.4 is 10.0 Å². The molecular weight excluding hydrogens is 447 g/mol. The van der Waals surface area contributed by atoms with Gasteiger partial charge in [0, 0.05) is 13.0 Å². The zero-order chi connectivity index (χ0) is 21.8. The fraction of sp³-hybridized carbons (Fsp3) is 0.471. The third-order valence-corrected chi connectivity index (χ3v) is 6.70. The predicted octanol–water partition coefficient (Wildman–Crippen LogP) is 0.162. The number of allylic oxidation sites excluding steroid dienone is 1. The Kier molecular flexibility index (Phi) is 8.44. The van der Waals surface area contributed by atoms with Crippen LogP contribution in [0.3, 0.4) is 0 Å². The molecule has 162 valence electrons. The summed E-state index contributed by atoms with van der Waals surface area (Å²) in [6.07, 6.45) is -4.10. The smallest absolute Gasteiger partial charge is 0.242 e. The molecule has 9 nitrogen and oxygen atoms in total. The van der Waals surface area contributed by atoms with E-state index in [0.29, 0.717) is 6.42 Å². The Morgan fingerprint density at radius 1 is 1.24 bits per heavy atom. The van der Waals surface area contributed by atoms with E-state index in [-0.39, 0.29) is 21.4 Å². The molecular formula is C17H22Cl2N2O7S. The molecule has 0 aliphatic carbocycles. The van der Waals surface area contributed by atoms with Crippen molar-refractivity contribution >= 4 is 39.1 Å². The van der Waals surface area contributed by atoms with Crippen LogP contribution in [0.25, 0.3) is 0 Å². The summed E-state index contributed by atoms with van der Waals surface area (Å²) in [5.74, 6) is -0.474. The third kappa shape index (κ3) is 5.89. The summed E-state index contributed by atoms with van der Waals surface area (Å²) in [5.41, 5.74) is 0. The molecule has 0 bridgehead atoms. The van der Waals surface area contributed by atoms with Crippen molar-refractivity contribution in [3.8, 4) is 0 Å². The summed E-state index contributed by atoms with van der Waals surface area (Å²) in [6, 6.07) is 2.79. The third-order valence-electron chi connectivity index (χ3n) is 4.30. The van der Waals surface area contributed by atoms with Gasteiger partial charge in [-0.2, -0.15) is 0 Å². The normalized spacial score (nSPS) is 27.4. The Morgan fingerprint density at radius 3 is 2.59 bits per heavy atom. The number of nitrogens with one attached hydrogen (secondary N) is 2. The number of amides is 1. The van der Waals surface area contributed by atoms with Crippen LogP contribution in [0.2, 0.25) is 10.0 Å². The highest BCUT2D eigenvalue weighted by molar-refractivity contribution is 7.89. The van der Waals surface area contributed by atoms with Gasteiger partial charge in [0.05, 0.1) is 10.0 Å². The maximum atomic E-state index is 12.4. The van der Waals surface area contributed by atoms with Crippen LogP contribution in [0, 0.1) is 0 Å². The van der Waals surface area contributed by atoms with Crippen LogP contribution in [-0.4, -0.2) is 66.8 Å². The number of carbonyl (C=O) groups is 1. The lowest BCUT2D eigenvalue weighted by Gasteiger charge is -2.41. The first-order valence-electron chi connectivity index (χ1n) is 8.62. The molecule has 1 aromatic rings. The SMILES string of the molecule is C=CCCC(=O)N[C@H]1[C@@H](O)[C@H](O)[C@@H](CNS(=O)(=O)c2cccc(Cl)c2Cl)O[C@@H]1O. The monoisotopic (exact) mass is 468 g/mol. The molecule has 1 fully saturated rings. The van der Waals surface area contributed by atoms with E-state index in [1.165, 1.54) is 24.3 Å². The van der Waals surface area contributed by atoms with Crippen molar-refractivity contribution in [2.75, 3.05) is 6.54 Å². The number of halogens is 2. The molecule has 1 amide bonds. The number of aliphatic hydroxyl groups is 3. The Bertz CT molecular complexity index is 852. The number of hydrogen-bond acceptors (Lipinski definition) is 7. The number of carbonyl (C=O) groups excluding carboxylic acids is 1. The number of ether oxygens (including phenoxy) is 1. The lowest BCUT2D eigenvalue weighted by molar-refractivity contribution is -0.245. The van der Waals surface area contributed by atoms with E-state index in [2.05, 4.69) is 16.6 Å². The fourth-order valence-corrected chi connectivity index (χ4v) is 4.53. The maximum Gasteiger partial charge on any atom is 0.242 e. The summed E-state index contributed by atoms with van der Waals surface area (Å²) in [4.78, 5) is 11.5. The second-order valence-corrected chi connectivity index (χ2v) is 8.89. The average molecular weight is 469 g/mol. The van der Waals surface area contributed by atoms with Gasteiger partial charge in [0.2, 0.25) is 15.9 Å². The van der Waals surface area contributed by atoms with Crippen molar-refractivity contribution in [3.63, 3.8) is 0 Å². The molecule has 1 saturated heterocycles. The van der Waals surface area contributed by atoms with Gasteiger partial charge >= 0.3 is 0 Å². The van der Waals surface area contributed by atoms with E-state index in [9.17, 15) is 28.5 Å². The highest BCUT2D eigenvalue weighted by atomic mass is 35.5. The first-order chi connectivity index (χ1) is 13.6. The average Bonchev–Trinajstić information content (AvgIpc) is 2.67. The van der Waals surface area contributed by atoms with Crippen LogP contribution in [0.15, 0.2) is 35.7 Å². The van der Waals surface area contributed by atoms with Crippen molar-refractivity contribution in [2.24, 2.45) is 0 Å². The van der Waals surface area contributed by atoms with Crippen LogP contribution >= 0.6 is 23.2 Å². The molecule has 12 heteroatoms. The quantitative estimate of drug-likeness (QED) is 0.341. The zero-order valence-corrected chi connectivity index (χ0v) is 17.5. The molecule has 0 radical (unpaired) electrons. The Labute approximate surface area is 178 Å². The van der Waals surface area contributed by atoms with Crippen LogP contribution in [0.1, 0.15) is 12.8 Å². The summed E-state index contributed by atoms with van der Waals surface area (Å²) in [7, 11) is -4.11. The summed E-state index contributed by atoms with van der Waals surface area (Å²) < 4.78 is 32.3. The van der Waals surface area contributed by atoms with Crippen molar-refractivity contribution in [3.05, 3.63) is 40.9 Å². The van der Waals surface area contributed by atoms with E-state index in [4.69, 9.17) is 27.9 Å². The van der Waals surface area contributed by atoms with Crippen molar-refractivity contribution in [1.29, 1.82) is 0 Å². The first kappa shape index (κ1) is 24.0. The largest absolute Gasteiger partial charge is 0.388 e. The number of aliphatic hydroxyl groups excluding tert-OH is 3. The van der Waals surface area contributed by atoms with Gasteiger partial charge in [-0.05, 0) is 18.6 Å². The molecule has 1 aromatic carbocycles. The Balaban J connectivity index is 2.03. The highest BCUT2D eigenvalue weighted by Crippen LogP contribution is 2.29. The minimum absolute atomic E-state index is 0.0457. The molecule has 0 spiro atoms. The minimum atomic E-state index is -4.11. The van der Waals surface area contributed by atoms with Gasteiger partial charge in [0.15, 0.2) is 6.29 Å². The fourth-order valence-electron chi connectivity index (χ4n) is 2.72. The Morgan fingerprint density at radius 2 is 1.93 bits per heavy atom. The molecule has 0 saturated carbocycles. The molecule has 0 unspecified atom stereocenters. The van der Waals surface area contributed by atoms with E-state index in [1.807, 2.05) is 0 Å². The second kappa shape index (κ2) is 10.2. The molecule has 1 aliphatic heterocycles. The summed E-state index contributed by atoms with van der Waals surface area (Å²) >= 11 is 11.7. The van der Waals surface area contributed by atoms with Gasteiger partial charge in [-0.1, -0.05) is 35.3 Å². The van der Waals surface area contributed by atoms with Crippen LogP contribution in [0.5, 0.6) is 0 Å². The number of sulfonamides is 1. The number of benzene rings is 1. The standard InChI is InChI=1S/C17H22Cl2N2O7S/c1-2-3-7-12(22)21-14-16(24)15(23)10(28-17(14)25)8-20-29(26,27)11-6-4-5-9(18)13(11)19/h2,4-6,10,14-17,20,23-25H,1,3,7-8H2,(H,21,22)/t10-,14+,15-,16-,17+/m1/s1. The molecule has 5 N–H and O–H groups in total. The van der Waals surface area contributed by atoms with Gasteiger partial charge in [-0.15, -0.1) is 6.58 Å². The second-order valence-electron chi connectivity index (χ2n) is 6.37. The van der Waals surface area contributed by atoms with Crippen LogP contribution in [0.4, 0.5) is 0 Å². The predicted molar refractivity (Wildman–Crippen MR) is 106 cm³/mol. The molecule has 2 rings (SSSR count). The minimum Gasteiger partial charge on any atom is -0.388 e. The van der Waals surface area contributed by atoms with Crippen LogP contribution in [-0.2, 0) is 19.6 Å². The molecule has 1 aliphatic rings. The van der Waals surface area contributed by atoms with Gasteiger partial charge in [-0.25, -0.2) is 13.1 Å². The van der Waals surface area contributed by atoms with Crippen molar-refractivity contribution < 1.29 is 33.3 Å². The van der Waals surface area contributed by atoms with Gasteiger partial charge < -0.3 is 25.4 Å². The van der Waals surface area contributed by atoms with E-state index in [1.54, 1.807) is 0 Å². The van der Waals surface area contributed by atoms with Gasteiger partial charge in [0.25, 0.3) is 0 Å². The lowest BCUT2D eigenvalue weighted by atomic mass is 9.96. The molecule has 1 heterocycles. The van der Waals surface area contributed by atoms with E-state index >= 15 is 0 Å². The zero-order valence-electron chi connectivity index (χ0n) is 15.2. The van der Waals surface area contributed by atoms with E-state index in [0.717, 1.165) is 0 Å². The van der Waals surface area contributed by atoms with Gasteiger partial charge in [0.1, 0.15) is 29.2 Å². The Hall–Kier alpha value is -1.24. The topological polar surface area (TPSA) is 145 Å². The highest BCUT2D eigenvalue weighted by Gasteiger charge is 2.44. The first-order valence-corrected chi connectivity index (χ1v) is 10.9. The summed E-state index contributed by atoms with van der Waals surface area (Å²) in [5, 5.41) is 32.8. The molecule has 29 heavy (non-hydrogen) atoms. The number of hydrogen-bond donors (Lipinski definition) is 5. The number of rotatable bonds is 8. The molecule has 0 aromatic heterocycles. The van der Waals surface area contributed by atoms with Crippen molar-refractivity contribution in [1.82, 2.24) is 10.0 Å². The lowest BCUT2D eigenvalue weighted by Crippen LogP contribution is -2.65.